The van der Waals surface area contributed by atoms with Crippen molar-refractivity contribution in [2.75, 3.05) is 14.1 Å². The predicted molar refractivity (Wildman–Crippen MR) is 37.0 cm³/mol. The van der Waals surface area contributed by atoms with Gasteiger partial charge in [-0.05, 0) is 0 Å². The SMILES string of the molecule is C=CC/C=N\N(C)C. The smallest absolute Gasteiger partial charge is 0.0282 e. The molecule has 0 aliphatic carbocycles. The molecule has 0 aromatic carbocycles. The topological polar surface area (TPSA) is 15.6 Å². The average Bonchev–Trinajstić information content (AvgIpc) is 1.66. The fraction of sp³-hybridized carbons (Fsp3) is 0.500. The molecule has 2 nitrogen and oxygen atoms in total. The first-order valence-electron chi connectivity index (χ1n) is 2.58. The van der Waals surface area contributed by atoms with Crippen molar-refractivity contribution in [3.05, 3.63) is 12.7 Å². The lowest BCUT2D eigenvalue weighted by molar-refractivity contribution is 0.439. The Labute approximate surface area is 50.5 Å². The lowest BCUT2D eigenvalue weighted by atomic mass is 10.5. The van der Waals surface area contributed by atoms with E-state index in [1.807, 2.05) is 26.4 Å². The van der Waals surface area contributed by atoms with Gasteiger partial charge in [0.1, 0.15) is 0 Å². The highest BCUT2D eigenvalue weighted by molar-refractivity contribution is 5.58. The van der Waals surface area contributed by atoms with Crippen LogP contribution < -0.4 is 0 Å². The zero-order chi connectivity index (χ0) is 6.41. The molecule has 0 rings (SSSR count). The maximum atomic E-state index is 3.95. The van der Waals surface area contributed by atoms with Gasteiger partial charge in [0.05, 0.1) is 0 Å². The molecule has 0 saturated heterocycles. The summed E-state index contributed by atoms with van der Waals surface area (Å²) < 4.78 is 0. The minimum absolute atomic E-state index is 0.845. The Morgan fingerprint density at radius 1 is 1.62 bits per heavy atom. The van der Waals surface area contributed by atoms with Gasteiger partial charge < -0.3 is 5.01 Å². The van der Waals surface area contributed by atoms with Gasteiger partial charge in [0.15, 0.2) is 0 Å². The third-order valence-electron chi connectivity index (χ3n) is 0.585. The summed E-state index contributed by atoms with van der Waals surface area (Å²) in [5.74, 6) is 0. The molecule has 0 aliphatic rings. The van der Waals surface area contributed by atoms with Gasteiger partial charge in [-0.3, -0.25) is 0 Å². The molecule has 0 spiro atoms. The van der Waals surface area contributed by atoms with E-state index in [0.29, 0.717) is 0 Å². The number of nitrogens with zero attached hydrogens (tertiary/aromatic N) is 2. The molecule has 46 valence electrons. The van der Waals surface area contributed by atoms with Gasteiger partial charge in [0.25, 0.3) is 0 Å². The van der Waals surface area contributed by atoms with Crippen molar-refractivity contribution in [1.82, 2.24) is 5.01 Å². The normalized spacial score (nSPS) is 9.75. The largest absolute Gasteiger partial charge is 0.303 e. The highest BCUT2D eigenvalue weighted by Crippen LogP contribution is 1.75. The van der Waals surface area contributed by atoms with E-state index >= 15 is 0 Å². The zero-order valence-electron chi connectivity index (χ0n) is 5.46. The lowest BCUT2D eigenvalue weighted by Crippen LogP contribution is -2.00. The van der Waals surface area contributed by atoms with Gasteiger partial charge >= 0.3 is 0 Å². The van der Waals surface area contributed by atoms with Crippen molar-refractivity contribution in [1.29, 1.82) is 0 Å². The quantitative estimate of drug-likeness (QED) is 0.303. The summed E-state index contributed by atoms with van der Waals surface area (Å²) in [6, 6.07) is 0. The molecule has 0 fully saturated rings. The molecule has 0 N–H and O–H groups in total. The Morgan fingerprint density at radius 2 is 2.25 bits per heavy atom. The van der Waals surface area contributed by atoms with Crippen LogP contribution in [0.3, 0.4) is 0 Å². The first-order valence-corrected chi connectivity index (χ1v) is 2.58. The Morgan fingerprint density at radius 3 is 2.62 bits per heavy atom. The summed E-state index contributed by atoms with van der Waals surface area (Å²) >= 11 is 0. The third-order valence-corrected chi connectivity index (χ3v) is 0.585. The maximum absolute atomic E-state index is 3.95. The Kier molecular flexibility index (Phi) is 3.94. The molecule has 0 unspecified atom stereocenters. The zero-order valence-corrected chi connectivity index (χ0v) is 5.46. The number of hydrogen-bond donors (Lipinski definition) is 0. The first kappa shape index (κ1) is 7.21. The molecule has 0 bridgehead atoms. The number of allylic oxidation sites excluding steroid dienone is 1. The van der Waals surface area contributed by atoms with Crippen LogP contribution >= 0.6 is 0 Å². The first-order chi connectivity index (χ1) is 3.77. The maximum Gasteiger partial charge on any atom is 0.0282 e. The summed E-state index contributed by atoms with van der Waals surface area (Å²) in [5, 5.41) is 5.70. The fourth-order valence-electron chi connectivity index (χ4n) is 0.285. The van der Waals surface area contributed by atoms with Crippen LogP contribution in [0.5, 0.6) is 0 Å². The molecule has 2 heteroatoms. The van der Waals surface area contributed by atoms with Gasteiger partial charge in [-0.15, -0.1) is 6.58 Å². The van der Waals surface area contributed by atoms with Crippen LogP contribution in [0.15, 0.2) is 17.8 Å². The molecule has 0 aromatic rings. The average molecular weight is 112 g/mol. The highest BCUT2D eigenvalue weighted by atomic mass is 15.4. The standard InChI is InChI=1S/C6H12N2/c1-4-5-6-7-8(2)3/h4,6H,1,5H2,2-3H3/b7-6-. The Bertz CT molecular complexity index is 84.5. The third kappa shape index (κ3) is 5.21. The summed E-state index contributed by atoms with van der Waals surface area (Å²) in [6.45, 7) is 3.55. The second kappa shape index (κ2) is 4.37. The molecular formula is C6H12N2. The molecule has 0 aliphatic heterocycles. The summed E-state index contributed by atoms with van der Waals surface area (Å²) in [5.41, 5.74) is 0. The van der Waals surface area contributed by atoms with Crippen LogP contribution in [-0.2, 0) is 0 Å². The van der Waals surface area contributed by atoms with E-state index in [-0.39, 0.29) is 0 Å². The molecule has 8 heavy (non-hydrogen) atoms. The van der Waals surface area contributed by atoms with Crippen LogP contribution in [-0.4, -0.2) is 25.3 Å². The molecule has 0 atom stereocenters. The van der Waals surface area contributed by atoms with Crippen LogP contribution in [0.4, 0.5) is 0 Å². The van der Waals surface area contributed by atoms with E-state index < -0.39 is 0 Å². The van der Waals surface area contributed by atoms with Crippen molar-refractivity contribution in [3.8, 4) is 0 Å². The molecule has 0 amide bonds. The molecule has 0 saturated carbocycles. The summed E-state index contributed by atoms with van der Waals surface area (Å²) in [6.07, 6.45) is 4.47. The van der Waals surface area contributed by atoms with Gasteiger partial charge in [-0.25, -0.2) is 0 Å². The number of hydrazone groups is 1. The second-order valence-corrected chi connectivity index (χ2v) is 1.67. The lowest BCUT2D eigenvalue weighted by Gasteiger charge is -2.00. The minimum atomic E-state index is 0.845. The van der Waals surface area contributed by atoms with Crippen molar-refractivity contribution in [2.45, 2.75) is 6.42 Å². The van der Waals surface area contributed by atoms with E-state index in [1.165, 1.54) is 0 Å². The van der Waals surface area contributed by atoms with E-state index in [0.717, 1.165) is 6.42 Å². The molecule has 0 radical (unpaired) electrons. The fourth-order valence-corrected chi connectivity index (χ4v) is 0.285. The van der Waals surface area contributed by atoms with Gasteiger partial charge in [-0.2, -0.15) is 5.10 Å². The van der Waals surface area contributed by atoms with Crippen LogP contribution in [0.1, 0.15) is 6.42 Å². The molecule has 0 heterocycles. The summed E-state index contributed by atoms with van der Waals surface area (Å²) in [4.78, 5) is 0. The van der Waals surface area contributed by atoms with Crippen molar-refractivity contribution < 1.29 is 0 Å². The van der Waals surface area contributed by atoms with Gasteiger partial charge in [-0.1, -0.05) is 6.08 Å². The summed E-state index contributed by atoms with van der Waals surface area (Å²) in [7, 11) is 3.78. The van der Waals surface area contributed by atoms with Crippen LogP contribution in [0, 0.1) is 0 Å². The van der Waals surface area contributed by atoms with Crippen molar-refractivity contribution in [2.24, 2.45) is 5.10 Å². The monoisotopic (exact) mass is 112 g/mol. The van der Waals surface area contributed by atoms with Gasteiger partial charge in [0, 0.05) is 26.7 Å². The predicted octanol–water partition coefficient (Wildman–Crippen LogP) is 1.11. The van der Waals surface area contributed by atoms with E-state index in [1.54, 1.807) is 5.01 Å². The van der Waals surface area contributed by atoms with Gasteiger partial charge in [0.2, 0.25) is 0 Å². The molecular weight excluding hydrogens is 100 g/mol. The number of rotatable bonds is 3. The van der Waals surface area contributed by atoms with Crippen LogP contribution in [0.2, 0.25) is 0 Å². The van der Waals surface area contributed by atoms with Crippen molar-refractivity contribution >= 4 is 6.21 Å². The van der Waals surface area contributed by atoms with E-state index in [4.69, 9.17) is 0 Å². The van der Waals surface area contributed by atoms with Crippen molar-refractivity contribution in [3.63, 3.8) is 0 Å². The van der Waals surface area contributed by atoms with Crippen LogP contribution in [0.25, 0.3) is 0 Å². The second-order valence-electron chi connectivity index (χ2n) is 1.67. The minimum Gasteiger partial charge on any atom is -0.303 e. The Hall–Kier alpha value is -0.790. The number of hydrogen-bond acceptors (Lipinski definition) is 2. The molecule has 0 aromatic heterocycles. The highest BCUT2D eigenvalue weighted by Gasteiger charge is 1.71. The van der Waals surface area contributed by atoms with E-state index in [2.05, 4.69) is 11.7 Å². The Balaban J connectivity index is 3.19. The van der Waals surface area contributed by atoms with E-state index in [9.17, 15) is 0 Å².